The van der Waals surface area contributed by atoms with Crippen molar-refractivity contribution in [1.29, 1.82) is 5.26 Å². The Morgan fingerprint density at radius 3 is 2.23 bits per heavy atom. The first-order valence-corrected chi connectivity index (χ1v) is 14.2. The molecule has 40 heavy (non-hydrogen) atoms. The van der Waals surface area contributed by atoms with Crippen LogP contribution in [0.15, 0.2) is 23.3 Å². The SMILES string of the molecule is CNC(=O)N[C@]12CCC(C)(C)C[C-]1[C@H]1C(=O)C=C3[C@@]4(C)C=C(C#N)C(=O)C(C)(C)[C-]4CC[C@@]3(C)[C@]1(C)CC2.[Li+].[Li+]. The van der Waals surface area contributed by atoms with E-state index in [0.29, 0.717) is 0 Å². The van der Waals surface area contributed by atoms with Gasteiger partial charge < -0.3 is 10.6 Å². The van der Waals surface area contributed by atoms with Crippen molar-refractivity contribution < 1.29 is 52.1 Å². The van der Waals surface area contributed by atoms with Gasteiger partial charge in [0.2, 0.25) is 0 Å². The first kappa shape index (κ1) is 33.3. The molecule has 0 radical (unpaired) electrons. The van der Waals surface area contributed by atoms with E-state index in [9.17, 15) is 19.6 Å². The monoisotopic (exact) mass is 531 g/mol. The number of amides is 2. The summed E-state index contributed by atoms with van der Waals surface area (Å²) >= 11 is 0. The summed E-state index contributed by atoms with van der Waals surface area (Å²) in [6, 6.07) is 1.97. The van der Waals surface area contributed by atoms with E-state index in [1.165, 1.54) is 5.92 Å². The number of nitrogens with one attached hydrogen (secondary N) is 2. The van der Waals surface area contributed by atoms with Gasteiger partial charge in [0.05, 0.1) is 5.57 Å². The van der Waals surface area contributed by atoms with E-state index in [1.807, 2.05) is 26.0 Å². The Morgan fingerprint density at radius 2 is 1.62 bits per heavy atom. The molecule has 0 aromatic rings. The number of rotatable bonds is 1. The molecule has 0 bridgehead atoms. The number of urea groups is 1. The molecule has 5 aliphatic rings. The van der Waals surface area contributed by atoms with Crippen LogP contribution in [0.25, 0.3) is 0 Å². The molecule has 0 aliphatic heterocycles. The van der Waals surface area contributed by atoms with Crippen LogP contribution in [0.2, 0.25) is 0 Å². The number of nitriles is 1. The third-order valence-corrected chi connectivity index (χ3v) is 11.8. The van der Waals surface area contributed by atoms with Crippen LogP contribution in [0, 0.1) is 56.2 Å². The Labute approximate surface area is 264 Å². The average molecular weight is 532 g/mol. The summed E-state index contributed by atoms with van der Waals surface area (Å²) in [5.41, 5.74) is -1.14. The molecular formula is C32H43Li2N3O3. The van der Waals surface area contributed by atoms with Gasteiger partial charge in [0, 0.05) is 7.05 Å². The van der Waals surface area contributed by atoms with Crippen LogP contribution in [0.5, 0.6) is 0 Å². The van der Waals surface area contributed by atoms with Crippen LogP contribution in [0.1, 0.15) is 93.4 Å². The minimum absolute atomic E-state index is 0. The maximum absolute atomic E-state index is 14.4. The van der Waals surface area contributed by atoms with E-state index < -0.39 is 16.4 Å². The molecule has 0 saturated heterocycles. The average Bonchev–Trinajstić information content (AvgIpc) is 2.83. The van der Waals surface area contributed by atoms with Crippen LogP contribution >= 0.6 is 0 Å². The number of hydrogen-bond acceptors (Lipinski definition) is 4. The van der Waals surface area contributed by atoms with Gasteiger partial charge >= 0.3 is 43.8 Å². The van der Waals surface area contributed by atoms with Crippen molar-refractivity contribution in [2.75, 3.05) is 7.05 Å². The molecule has 2 amide bonds. The Hall–Kier alpha value is -1.23. The zero-order valence-electron chi connectivity index (χ0n) is 26.4. The van der Waals surface area contributed by atoms with E-state index >= 15 is 0 Å². The third-order valence-electron chi connectivity index (χ3n) is 11.8. The summed E-state index contributed by atoms with van der Waals surface area (Å²) in [6.45, 7) is 15.1. The molecular weight excluding hydrogens is 488 g/mol. The molecule has 3 saturated carbocycles. The third kappa shape index (κ3) is 4.29. The van der Waals surface area contributed by atoms with Gasteiger partial charge in [0.1, 0.15) is 17.6 Å². The topological polar surface area (TPSA) is 99.1 Å². The van der Waals surface area contributed by atoms with Gasteiger partial charge in [-0.2, -0.15) is 18.1 Å². The number of hydrogen-bond donors (Lipinski definition) is 2. The molecule has 0 unspecified atom stereocenters. The predicted molar refractivity (Wildman–Crippen MR) is 146 cm³/mol. The van der Waals surface area contributed by atoms with Crippen molar-refractivity contribution in [3.8, 4) is 6.07 Å². The molecule has 0 aromatic heterocycles. The largest absolute Gasteiger partial charge is 1.00 e. The minimum Gasteiger partial charge on any atom is -0.362 e. The second-order valence-electron chi connectivity index (χ2n) is 14.6. The van der Waals surface area contributed by atoms with Crippen LogP contribution < -0.4 is 48.4 Å². The first-order valence-electron chi connectivity index (χ1n) is 14.2. The summed E-state index contributed by atoms with van der Waals surface area (Å²) < 4.78 is 0. The van der Waals surface area contributed by atoms with E-state index in [4.69, 9.17) is 0 Å². The number of allylic oxidation sites excluding steroid dienone is 4. The number of nitrogens with zero attached hydrogens (tertiary/aromatic N) is 1. The zero-order valence-corrected chi connectivity index (χ0v) is 26.4. The molecule has 2 N–H and O–H groups in total. The van der Waals surface area contributed by atoms with Crippen molar-refractivity contribution in [2.45, 2.75) is 99.0 Å². The molecule has 5 rings (SSSR count). The fourth-order valence-corrected chi connectivity index (χ4v) is 9.39. The van der Waals surface area contributed by atoms with Gasteiger partial charge in [-0.15, -0.1) is 5.41 Å². The van der Waals surface area contributed by atoms with Gasteiger partial charge in [0.15, 0.2) is 0 Å². The minimum atomic E-state index is -0.751. The van der Waals surface area contributed by atoms with Crippen LogP contribution in [0.4, 0.5) is 4.79 Å². The molecule has 0 spiro atoms. The smallest absolute Gasteiger partial charge is 0.362 e. The second-order valence-corrected chi connectivity index (χ2v) is 14.6. The molecule has 5 aliphatic carbocycles. The Bertz CT molecular complexity index is 1230. The van der Waals surface area contributed by atoms with Gasteiger partial charge in [-0.05, 0) is 23.3 Å². The molecule has 0 heterocycles. The Balaban J connectivity index is 0.00000220. The van der Waals surface area contributed by atoms with Gasteiger partial charge in [-0.1, -0.05) is 108 Å². The van der Waals surface area contributed by atoms with Crippen LogP contribution in [-0.4, -0.2) is 30.2 Å². The van der Waals surface area contributed by atoms with E-state index in [0.717, 1.165) is 56.4 Å². The molecule has 0 aromatic carbocycles. The number of ketones is 2. The summed E-state index contributed by atoms with van der Waals surface area (Å²) in [4.78, 5) is 40.3. The van der Waals surface area contributed by atoms with Crippen LogP contribution in [-0.2, 0) is 9.59 Å². The van der Waals surface area contributed by atoms with Gasteiger partial charge in [0.25, 0.3) is 0 Å². The fraction of sp³-hybridized carbons (Fsp3) is 0.688. The van der Waals surface area contributed by atoms with E-state index in [1.54, 1.807) is 7.05 Å². The van der Waals surface area contributed by atoms with Gasteiger partial charge in [-0.25, -0.2) is 4.79 Å². The number of fused-ring (bicyclic) bond motifs is 7. The van der Waals surface area contributed by atoms with E-state index in [-0.39, 0.29) is 83.1 Å². The number of carbonyl (C=O) groups is 3. The Morgan fingerprint density at radius 1 is 1.00 bits per heavy atom. The summed E-state index contributed by atoms with van der Waals surface area (Å²) in [5, 5.41) is 15.9. The first-order chi connectivity index (χ1) is 17.5. The normalized spacial score (nSPS) is 39.7. The summed E-state index contributed by atoms with van der Waals surface area (Å²) in [7, 11) is 1.64. The van der Waals surface area contributed by atoms with Crippen molar-refractivity contribution in [3.05, 3.63) is 35.1 Å². The predicted octanol–water partition coefficient (Wildman–Crippen LogP) is -0.188. The fourth-order valence-electron chi connectivity index (χ4n) is 9.39. The zero-order chi connectivity index (χ0) is 28.1. The number of carbonyl (C=O) groups excluding carboxylic acids is 3. The molecule has 5 atom stereocenters. The number of Topliss-reactive ketones (excluding diaryl/α,β-unsaturated/α-hetero) is 1. The maximum Gasteiger partial charge on any atom is 1.00 e. The van der Waals surface area contributed by atoms with E-state index in [2.05, 4.69) is 51.3 Å². The van der Waals surface area contributed by atoms with Crippen molar-refractivity contribution in [2.24, 2.45) is 33.0 Å². The molecule has 6 nitrogen and oxygen atoms in total. The summed E-state index contributed by atoms with van der Waals surface area (Å²) in [5.74, 6) is 2.03. The molecule has 206 valence electrons. The summed E-state index contributed by atoms with van der Waals surface area (Å²) in [6.07, 6.45) is 9.69. The van der Waals surface area contributed by atoms with Crippen molar-refractivity contribution >= 4 is 17.6 Å². The standard InChI is InChI=1S/C32H43N3O3.2Li/c1-27(2)11-13-32(35-26(38)34-8)14-12-31(7)24(20(32)17-27)21(36)15-23-29(5)16-19(18-33)25(37)28(3,4)22(29)9-10-30(23,31)6;;/h15-16,24H,9-14,17H2,1-8H3,(H2,34,35,38);;/q-2;2*+1/t24-,29-,30+,31+,32-;;/m0../s1. The maximum atomic E-state index is 14.4. The Kier molecular flexibility index (Phi) is 8.49. The van der Waals surface area contributed by atoms with Crippen LogP contribution in [0.3, 0.4) is 0 Å². The molecule has 3 fully saturated rings. The second kappa shape index (κ2) is 10.2. The van der Waals surface area contributed by atoms with Gasteiger partial charge in [-0.3, -0.25) is 21.4 Å². The quantitative estimate of drug-likeness (QED) is 0.362. The molecule has 8 heteroatoms. The van der Waals surface area contributed by atoms with Crippen molar-refractivity contribution in [1.82, 2.24) is 10.6 Å². The van der Waals surface area contributed by atoms with Crippen molar-refractivity contribution in [3.63, 3.8) is 0 Å².